The van der Waals surface area contributed by atoms with E-state index in [0.717, 1.165) is 0 Å². The molecule has 1 rings (SSSR count). The van der Waals surface area contributed by atoms with Crippen molar-refractivity contribution in [3.8, 4) is 0 Å². The average Bonchev–Trinajstić information content (AvgIpc) is 2.38. The monoisotopic (exact) mass is 247 g/mol. The molecule has 0 aliphatic heterocycles. The molecule has 0 saturated carbocycles. The topological polar surface area (TPSA) is 12.0 Å². The molecule has 0 radical (unpaired) electrons. The Balaban J connectivity index is 2.63. The summed E-state index contributed by atoms with van der Waals surface area (Å²) in [5, 5.41) is 3.73. The highest BCUT2D eigenvalue weighted by molar-refractivity contribution is 5.26. The van der Waals surface area contributed by atoms with Crippen molar-refractivity contribution in [1.82, 2.24) is 5.32 Å². The third-order valence-electron chi connectivity index (χ3n) is 3.72. The van der Waals surface area contributed by atoms with Crippen molar-refractivity contribution in [2.75, 3.05) is 0 Å². The minimum atomic E-state index is 0.447. The smallest absolute Gasteiger partial charge is 0.0294 e. The van der Waals surface area contributed by atoms with Crippen LogP contribution in [-0.4, -0.2) is 6.04 Å². The Morgan fingerprint density at radius 1 is 0.944 bits per heavy atom. The van der Waals surface area contributed by atoms with Gasteiger partial charge in [-0.3, -0.25) is 0 Å². The zero-order chi connectivity index (χ0) is 13.5. The van der Waals surface area contributed by atoms with Gasteiger partial charge in [-0.25, -0.2) is 0 Å². The van der Waals surface area contributed by atoms with Gasteiger partial charge in [0.2, 0.25) is 0 Å². The molecule has 1 N–H and O–H groups in total. The summed E-state index contributed by atoms with van der Waals surface area (Å²) < 4.78 is 0. The third kappa shape index (κ3) is 4.45. The summed E-state index contributed by atoms with van der Waals surface area (Å²) in [5.74, 6) is 0.616. The highest BCUT2D eigenvalue weighted by atomic mass is 14.9. The molecule has 102 valence electrons. The molecule has 0 aliphatic rings. The molecule has 1 aromatic carbocycles. The Hall–Kier alpha value is -0.820. The maximum Gasteiger partial charge on any atom is 0.0294 e. The first-order valence-corrected chi connectivity index (χ1v) is 7.44. The van der Waals surface area contributed by atoms with Gasteiger partial charge in [-0.15, -0.1) is 0 Å². The Bertz CT molecular complexity index is 326. The van der Waals surface area contributed by atoms with E-state index in [9.17, 15) is 0 Å². The van der Waals surface area contributed by atoms with E-state index in [1.54, 1.807) is 0 Å². The van der Waals surface area contributed by atoms with E-state index < -0.39 is 0 Å². The van der Waals surface area contributed by atoms with Gasteiger partial charge in [0.25, 0.3) is 0 Å². The second-order valence-corrected chi connectivity index (χ2v) is 5.60. The molecule has 1 aromatic rings. The molecule has 2 unspecified atom stereocenters. The van der Waals surface area contributed by atoms with Gasteiger partial charge in [-0.05, 0) is 36.8 Å². The predicted octanol–water partition coefficient (Wildman–Crippen LogP) is 5.04. The maximum absolute atomic E-state index is 3.73. The summed E-state index contributed by atoms with van der Waals surface area (Å²) in [6, 6.07) is 10.2. The van der Waals surface area contributed by atoms with Gasteiger partial charge in [-0.1, -0.05) is 58.4 Å². The van der Waals surface area contributed by atoms with Crippen molar-refractivity contribution < 1.29 is 0 Å². The van der Waals surface area contributed by atoms with Crippen LogP contribution < -0.4 is 5.32 Å². The number of nitrogens with one attached hydrogen (secondary N) is 1. The van der Waals surface area contributed by atoms with E-state index in [1.807, 2.05) is 0 Å². The first-order chi connectivity index (χ1) is 8.58. The standard InChI is InChI=1S/C17H29N/c1-6-8-17(7-2)18-14(5)16-11-9-15(10-12-16)13(3)4/h9-14,17-18H,6-8H2,1-5H3. The molecule has 1 heteroatoms. The van der Waals surface area contributed by atoms with Crippen LogP contribution in [0.1, 0.15) is 77.0 Å². The van der Waals surface area contributed by atoms with E-state index in [2.05, 4.69) is 64.2 Å². The van der Waals surface area contributed by atoms with Gasteiger partial charge in [0, 0.05) is 12.1 Å². The molecule has 18 heavy (non-hydrogen) atoms. The van der Waals surface area contributed by atoms with Crippen molar-refractivity contribution in [3.63, 3.8) is 0 Å². The summed E-state index contributed by atoms with van der Waals surface area (Å²) >= 11 is 0. The fraction of sp³-hybridized carbons (Fsp3) is 0.647. The van der Waals surface area contributed by atoms with Gasteiger partial charge in [0.1, 0.15) is 0 Å². The second-order valence-electron chi connectivity index (χ2n) is 5.60. The quantitative estimate of drug-likeness (QED) is 0.712. The maximum atomic E-state index is 3.73. The van der Waals surface area contributed by atoms with Crippen LogP contribution in [-0.2, 0) is 0 Å². The lowest BCUT2D eigenvalue weighted by Gasteiger charge is -2.22. The summed E-state index contributed by atoms with van der Waals surface area (Å²) in [6.45, 7) is 11.3. The first kappa shape index (κ1) is 15.2. The number of benzene rings is 1. The molecule has 0 heterocycles. The molecule has 0 aromatic heterocycles. The van der Waals surface area contributed by atoms with E-state index in [1.165, 1.54) is 30.4 Å². The summed E-state index contributed by atoms with van der Waals surface area (Å²) in [4.78, 5) is 0. The SMILES string of the molecule is CCCC(CC)NC(C)c1ccc(C(C)C)cc1. The van der Waals surface area contributed by atoms with Crippen LogP contribution in [0.25, 0.3) is 0 Å². The van der Waals surface area contributed by atoms with E-state index in [4.69, 9.17) is 0 Å². The third-order valence-corrected chi connectivity index (χ3v) is 3.72. The second kappa shape index (κ2) is 7.58. The number of hydrogen-bond donors (Lipinski definition) is 1. The van der Waals surface area contributed by atoms with Crippen molar-refractivity contribution in [1.29, 1.82) is 0 Å². The summed E-state index contributed by atoms with van der Waals surface area (Å²) in [6.07, 6.45) is 3.73. The van der Waals surface area contributed by atoms with Crippen LogP contribution in [0, 0.1) is 0 Å². The zero-order valence-corrected chi connectivity index (χ0v) is 12.7. The first-order valence-electron chi connectivity index (χ1n) is 7.44. The molecule has 0 spiro atoms. The Morgan fingerprint density at radius 3 is 1.94 bits per heavy atom. The normalized spacial score (nSPS) is 14.8. The van der Waals surface area contributed by atoms with Crippen LogP contribution in [0.15, 0.2) is 24.3 Å². The van der Waals surface area contributed by atoms with E-state index in [0.29, 0.717) is 18.0 Å². The largest absolute Gasteiger partial charge is 0.307 e. The molecule has 0 fully saturated rings. The highest BCUT2D eigenvalue weighted by Crippen LogP contribution is 2.19. The van der Waals surface area contributed by atoms with Crippen LogP contribution in [0.3, 0.4) is 0 Å². The van der Waals surface area contributed by atoms with Gasteiger partial charge in [0.15, 0.2) is 0 Å². The van der Waals surface area contributed by atoms with Gasteiger partial charge >= 0.3 is 0 Å². The molecule has 0 bridgehead atoms. The minimum Gasteiger partial charge on any atom is -0.307 e. The Kier molecular flexibility index (Phi) is 6.42. The fourth-order valence-electron chi connectivity index (χ4n) is 2.37. The average molecular weight is 247 g/mol. The van der Waals surface area contributed by atoms with Gasteiger partial charge in [-0.2, -0.15) is 0 Å². The number of rotatable bonds is 7. The molecule has 2 atom stereocenters. The van der Waals surface area contributed by atoms with Gasteiger partial charge < -0.3 is 5.32 Å². The highest BCUT2D eigenvalue weighted by Gasteiger charge is 2.11. The van der Waals surface area contributed by atoms with Crippen LogP contribution in [0.5, 0.6) is 0 Å². The minimum absolute atomic E-state index is 0.447. The molecule has 1 nitrogen and oxygen atoms in total. The van der Waals surface area contributed by atoms with Crippen LogP contribution in [0.2, 0.25) is 0 Å². The number of hydrogen-bond acceptors (Lipinski definition) is 1. The van der Waals surface area contributed by atoms with Crippen molar-refractivity contribution in [3.05, 3.63) is 35.4 Å². The summed E-state index contributed by atoms with van der Waals surface area (Å²) in [7, 11) is 0. The molecular weight excluding hydrogens is 218 g/mol. The van der Waals surface area contributed by atoms with E-state index in [-0.39, 0.29) is 0 Å². The van der Waals surface area contributed by atoms with Crippen molar-refractivity contribution in [2.24, 2.45) is 0 Å². The fourth-order valence-corrected chi connectivity index (χ4v) is 2.37. The van der Waals surface area contributed by atoms with Crippen molar-refractivity contribution in [2.45, 2.75) is 71.9 Å². The lowest BCUT2D eigenvalue weighted by Crippen LogP contribution is -2.30. The van der Waals surface area contributed by atoms with E-state index >= 15 is 0 Å². The Labute approximate surface area is 113 Å². The van der Waals surface area contributed by atoms with Gasteiger partial charge in [0.05, 0.1) is 0 Å². The van der Waals surface area contributed by atoms with Crippen LogP contribution in [0.4, 0.5) is 0 Å². The predicted molar refractivity (Wildman–Crippen MR) is 81.1 cm³/mol. The molecule has 0 aliphatic carbocycles. The zero-order valence-electron chi connectivity index (χ0n) is 12.7. The molecule has 0 saturated heterocycles. The Morgan fingerprint density at radius 2 is 1.50 bits per heavy atom. The molecular formula is C17H29N. The summed E-state index contributed by atoms with van der Waals surface area (Å²) in [5.41, 5.74) is 2.82. The lowest BCUT2D eigenvalue weighted by atomic mass is 9.99. The molecule has 0 amide bonds. The lowest BCUT2D eigenvalue weighted by molar-refractivity contribution is 0.417. The van der Waals surface area contributed by atoms with Crippen molar-refractivity contribution >= 4 is 0 Å². The van der Waals surface area contributed by atoms with Crippen LogP contribution >= 0.6 is 0 Å².